The van der Waals surface area contributed by atoms with Crippen molar-refractivity contribution in [2.75, 3.05) is 0 Å². The highest BCUT2D eigenvalue weighted by Gasteiger charge is 2.54. The summed E-state index contributed by atoms with van der Waals surface area (Å²) >= 11 is 0. The minimum absolute atomic E-state index is 0.0319. The molecule has 36 heavy (non-hydrogen) atoms. The van der Waals surface area contributed by atoms with E-state index in [4.69, 9.17) is 0 Å². The Hall–Kier alpha value is -3.17. The Labute approximate surface area is 214 Å². The summed E-state index contributed by atoms with van der Waals surface area (Å²) in [4.78, 5) is 11.7. The van der Waals surface area contributed by atoms with Gasteiger partial charge in [-0.05, 0) is 96.6 Å². The molecule has 0 radical (unpaired) electrons. The van der Waals surface area contributed by atoms with Gasteiger partial charge in [0.15, 0.2) is 5.78 Å². The Bertz CT molecular complexity index is 1220. The van der Waals surface area contributed by atoms with Crippen molar-refractivity contribution >= 4 is 11.9 Å². The van der Waals surface area contributed by atoms with Crippen LogP contribution in [-0.4, -0.2) is 22.1 Å². The van der Waals surface area contributed by atoms with Crippen LogP contribution >= 0.6 is 0 Å². The molecule has 0 saturated heterocycles. The van der Waals surface area contributed by atoms with Crippen molar-refractivity contribution in [2.24, 2.45) is 17.3 Å². The van der Waals surface area contributed by atoms with E-state index in [1.165, 1.54) is 30.4 Å². The maximum atomic E-state index is 11.7. The van der Waals surface area contributed by atoms with E-state index < -0.39 is 0 Å². The first kappa shape index (κ1) is 24.5. The molecule has 186 valence electrons. The fourth-order valence-corrected chi connectivity index (χ4v) is 6.98. The number of aliphatic hydroxyl groups is 1. The van der Waals surface area contributed by atoms with E-state index in [0.29, 0.717) is 17.6 Å². The molecule has 0 aromatic heterocycles. The van der Waals surface area contributed by atoms with Crippen LogP contribution in [0.3, 0.4) is 0 Å². The van der Waals surface area contributed by atoms with Crippen LogP contribution in [0.1, 0.15) is 72.0 Å². The fraction of sp³-hybridized carbons (Fsp3) is 0.364. The van der Waals surface area contributed by atoms with Crippen molar-refractivity contribution in [2.45, 2.75) is 57.5 Å². The second-order valence-corrected chi connectivity index (χ2v) is 10.9. The van der Waals surface area contributed by atoms with E-state index in [1.807, 2.05) is 78.9 Å². The zero-order valence-corrected chi connectivity index (χ0v) is 21.0. The molecule has 5 atom stereocenters. The molecule has 3 aliphatic rings. The second kappa shape index (κ2) is 10.4. The predicted molar refractivity (Wildman–Crippen MR) is 145 cm³/mol. The molecule has 3 nitrogen and oxygen atoms in total. The van der Waals surface area contributed by atoms with Gasteiger partial charge in [0.1, 0.15) is 5.75 Å². The Morgan fingerprint density at radius 2 is 1.64 bits per heavy atom. The molecule has 0 unspecified atom stereocenters. The van der Waals surface area contributed by atoms with Gasteiger partial charge >= 0.3 is 0 Å². The monoisotopic (exact) mass is 480 g/mol. The van der Waals surface area contributed by atoms with E-state index in [0.717, 1.165) is 36.3 Å². The van der Waals surface area contributed by atoms with Crippen LogP contribution in [0.15, 0.2) is 84.9 Å². The summed E-state index contributed by atoms with van der Waals surface area (Å²) in [5, 5.41) is 20.0. The molecule has 6 rings (SSSR count). The lowest BCUT2D eigenvalue weighted by Crippen LogP contribution is -2.43. The van der Waals surface area contributed by atoms with Crippen molar-refractivity contribution in [1.82, 2.24) is 0 Å². The van der Waals surface area contributed by atoms with Crippen LogP contribution in [0.4, 0.5) is 0 Å². The van der Waals surface area contributed by atoms with Gasteiger partial charge in [0.25, 0.3) is 0 Å². The molecule has 0 amide bonds. The van der Waals surface area contributed by atoms with Crippen molar-refractivity contribution in [3.05, 3.63) is 107 Å². The zero-order chi connectivity index (χ0) is 25.1. The maximum absolute atomic E-state index is 11.7. The molecule has 2 saturated carbocycles. The Kier molecular flexibility index (Phi) is 7.11. The molecule has 0 bridgehead atoms. The summed E-state index contributed by atoms with van der Waals surface area (Å²) in [6.07, 6.45) is 10.2. The van der Waals surface area contributed by atoms with Gasteiger partial charge in [0.2, 0.25) is 0 Å². The number of benzene rings is 3. The molecule has 0 heterocycles. The normalized spacial score (nSPS) is 28.4. The lowest BCUT2D eigenvalue weighted by molar-refractivity contribution is -0.0226. The lowest BCUT2D eigenvalue weighted by Gasteiger charge is -2.50. The number of aryl methyl sites for hydroxylation is 1. The van der Waals surface area contributed by atoms with E-state index >= 15 is 0 Å². The average molecular weight is 481 g/mol. The molecule has 0 spiro atoms. The van der Waals surface area contributed by atoms with E-state index in [2.05, 4.69) is 13.0 Å². The number of phenolic OH excluding ortho intramolecular Hbond substituents is 1. The van der Waals surface area contributed by atoms with Gasteiger partial charge in [-0.2, -0.15) is 0 Å². The third-order valence-electron chi connectivity index (χ3n) is 8.95. The summed E-state index contributed by atoms with van der Waals surface area (Å²) in [6.45, 7) is 2.32. The van der Waals surface area contributed by atoms with Crippen molar-refractivity contribution in [1.29, 1.82) is 0 Å². The Morgan fingerprint density at radius 1 is 0.917 bits per heavy atom. The number of carbonyl (C=O) groups excluding carboxylic acids is 1. The number of rotatable bonds is 3. The van der Waals surface area contributed by atoms with Gasteiger partial charge < -0.3 is 10.2 Å². The molecule has 2 fully saturated rings. The standard InChI is InChI=1S/C18H24O2.C15H12O/c1-18-9-8-14-13-5-3-12(19)10-11(13)2-4-15(14)16(18)6-7-17(18)20;16-15(14-9-5-2-6-10-14)12-11-13-7-3-1-4-8-13/h3,5,10,14-17,19-20H,2,4,6-9H2,1H3;1-12H/b;12-11+/t14-,15-,16+,17-,18+;/m1./s1. The van der Waals surface area contributed by atoms with Crippen LogP contribution in [-0.2, 0) is 6.42 Å². The van der Waals surface area contributed by atoms with Crippen molar-refractivity contribution in [3.8, 4) is 5.75 Å². The van der Waals surface area contributed by atoms with Crippen LogP contribution in [0, 0.1) is 17.3 Å². The first-order valence-corrected chi connectivity index (χ1v) is 13.3. The number of ketones is 1. The molecule has 0 aliphatic heterocycles. The molecule has 3 aliphatic carbocycles. The van der Waals surface area contributed by atoms with Crippen molar-refractivity contribution in [3.63, 3.8) is 0 Å². The number of allylic oxidation sites excluding steroid dienone is 1. The number of fused-ring (bicyclic) bond motifs is 5. The third-order valence-corrected chi connectivity index (χ3v) is 8.95. The molecule has 3 heteroatoms. The highest BCUT2D eigenvalue weighted by Crippen LogP contribution is 2.60. The second-order valence-electron chi connectivity index (χ2n) is 10.9. The number of carbonyl (C=O) groups is 1. The number of aliphatic hydroxyl groups excluding tert-OH is 1. The maximum Gasteiger partial charge on any atom is 0.185 e. The molecule has 3 aromatic carbocycles. The Morgan fingerprint density at radius 3 is 2.39 bits per heavy atom. The van der Waals surface area contributed by atoms with Gasteiger partial charge in [0, 0.05) is 5.56 Å². The topological polar surface area (TPSA) is 57.5 Å². The average Bonchev–Trinajstić information content (AvgIpc) is 3.22. The first-order chi connectivity index (χ1) is 17.5. The van der Waals surface area contributed by atoms with Crippen molar-refractivity contribution < 1.29 is 15.0 Å². The van der Waals surface area contributed by atoms with Crippen LogP contribution in [0.2, 0.25) is 0 Å². The summed E-state index contributed by atoms with van der Waals surface area (Å²) < 4.78 is 0. The highest BCUT2D eigenvalue weighted by atomic mass is 16.3. The largest absolute Gasteiger partial charge is 0.508 e. The fourth-order valence-electron chi connectivity index (χ4n) is 6.98. The quantitative estimate of drug-likeness (QED) is 0.308. The van der Waals surface area contributed by atoms with E-state index in [1.54, 1.807) is 6.08 Å². The summed E-state index contributed by atoms with van der Waals surface area (Å²) in [5.41, 5.74) is 4.74. The van der Waals surface area contributed by atoms with Crippen LogP contribution in [0.25, 0.3) is 6.08 Å². The number of hydrogen-bond acceptors (Lipinski definition) is 3. The summed E-state index contributed by atoms with van der Waals surface area (Å²) in [6, 6.07) is 25.0. The summed E-state index contributed by atoms with van der Waals surface area (Å²) in [7, 11) is 0. The van der Waals surface area contributed by atoms with Gasteiger partial charge in [-0.15, -0.1) is 0 Å². The number of aromatic hydroxyl groups is 1. The third kappa shape index (κ3) is 4.90. The highest BCUT2D eigenvalue weighted by molar-refractivity contribution is 6.06. The first-order valence-electron chi connectivity index (χ1n) is 13.3. The minimum Gasteiger partial charge on any atom is -0.508 e. The van der Waals surface area contributed by atoms with Crippen LogP contribution in [0.5, 0.6) is 5.75 Å². The van der Waals surface area contributed by atoms with Crippen LogP contribution < -0.4 is 0 Å². The molecular formula is C33H36O3. The van der Waals surface area contributed by atoms with Gasteiger partial charge in [-0.25, -0.2) is 0 Å². The zero-order valence-electron chi connectivity index (χ0n) is 21.0. The molecule has 3 aromatic rings. The molecular weight excluding hydrogens is 444 g/mol. The van der Waals surface area contributed by atoms with Gasteiger partial charge in [-0.1, -0.05) is 79.7 Å². The van der Waals surface area contributed by atoms with E-state index in [-0.39, 0.29) is 17.3 Å². The molecule has 2 N–H and O–H groups in total. The number of phenols is 1. The van der Waals surface area contributed by atoms with Gasteiger partial charge in [-0.3, -0.25) is 4.79 Å². The minimum atomic E-state index is -0.0883. The summed E-state index contributed by atoms with van der Waals surface area (Å²) in [5.74, 6) is 2.52. The SMILES string of the molecule is C[C@]12CC[C@@H]3c4ccc(O)cc4CC[C@H]3[C@@H]1CC[C@H]2O.O=C(/C=C/c1ccccc1)c1ccccc1. The van der Waals surface area contributed by atoms with E-state index in [9.17, 15) is 15.0 Å². The predicted octanol–water partition coefficient (Wildman–Crippen LogP) is 7.19. The number of hydrogen-bond donors (Lipinski definition) is 2. The van der Waals surface area contributed by atoms with Gasteiger partial charge in [0.05, 0.1) is 6.10 Å². The lowest BCUT2D eigenvalue weighted by atomic mass is 9.55. The Balaban J connectivity index is 0.000000152. The smallest absolute Gasteiger partial charge is 0.185 e.